The summed E-state index contributed by atoms with van der Waals surface area (Å²) in [6.07, 6.45) is 1.13. The first kappa shape index (κ1) is 11.9. The number of benzene rings is 1. The van der Waals surface area contributed by atoms with Crippen molar-refractivity contribution in [2.75, 3.05) is 6.54 Å². The minimum Gasteiger partial charge on any atom is -0.356 e. The summed E-state index contributed by atoms with van der Waals surface area (Å²) in [5.41, 5.74) is 3.27. The lowest BCUT2D eigenvalue weighted by molar-refractivity contribution is 0.420. The number of hydrogen-bond acceptors (Lipinski definition) is 3. The smallest absolute Gasteiger partial charge is 0.167 e. The minimum atomic E-state index is 0.767. The second-order valence-electron chi connectivity index (χ2n) is 4.23. The minimum absolute atomic E-state index is 0.767. The molecule has 0 aliphatic heterocycles. The van der Waals surface area contributed by atoms with E-state index in [0.717, 1.165) is 36.5 Å². The van der Waals surface area contributed by atoms with Crippen LogP contribution in [0.4, 0.5) is 0 Å². The zero-order valence-corrected chi connectivity index (χ0v) is 10.4. The van der Waals surface area contributed by atoms with Crippen LogP contribution in [0.1, 0.15) is 24.6 Å². The van der Waals surface area contributed by atoms with Gasteiger partial charge in [0.25, 0.3) is 0 Å². The van der Waals surface area contributed by atoms with Crippen molar-refractivity contribution in [3.63, 3.8) is 0 Å². The van der Waals surface area contributed by atoms with Crippen LogP contribution in [0.25, 0.3) is 11.3 Å². The standard InChI is InChI=1S/C14H18N2O/c1-3-8-15-10-13-9-14(17-16-13)12-6-4-11(2)5-7-12/h4-7,9,15H,3,8,10H2,1-2H3. The van der Waals surface area contributed by atoms with E-state index in [9.17, 15) is 0 Å². The molecule has 0 bridgehead atoms. The number of aryl methyl sites for hydroxylation is 1. The topological polar surface area (TPSA) is 38.1 Å². The van der Waals surface area contributed by atoms with Gasteiger partial charge < -0.3 is 9.84 Å². The van der Waals surface area contributed by atoms with Crippen molar-refractivity contribution >= 4 is 0 Å². The van der Waals surface area contributed by atoms with E-state index < -0.39 is 0 Å². The lowest BCUT2D eigenvalue weighted by Crippen LogP contribution is -2.13. The second-order valence-corrected chi connectivity index (χ2v) is 4.23. The Morgan fingerprint density at radius 3 is 2.71 bits per heavy atom. The van der Waals surface area contributed by atoms with Crippen LogP contribution < -0.4 is 5.32 Å². The Labute approximate surface area is 102 Å². The first-order valence-electron chi connectivity index (χ1n) is 6.03. The maximum Gasteiger partial charge on any atom is 0.167 e. The molecule has 0 aliphatic rings. The van der Waals surface area contributed by atoms with Gasteiger partial charge in [-0.2, -0.15) is 0 Å². The van der Waals surface area contributed by atoms with E-state index in [2.05, 4.69) is 48.6 Å². The van der Waals surface area contributed by atoms with Crippen LogP contribution in [0, 0.1) is 6.92 Å². The van der Waals surface area contributed by atoms with Gasteiger partial charge in [-0.05, 0) is 19.9 Å². The Kier molecular flexibility index (Phi) is 3.94. The molecule has 0 radical (unpaired) electrons. The molecule has 0 amide bonds. The lowest BCUT2D eigenvalue weighted by atomic mass is 10.1. The van der Waals surface area contributed by atoms with E-state index in [1.54, 1.807) is 0 Å². The zero-order valence-electron chi connectivity index (χ0n) is 10.4. The third-order valence-corrected chi connectivity index (χ3v) is 2.63. The van der Waals surface area contributed by atoms with Gasteiger partial charge in [0.1, 0.15) is 0 Å². The molecule has 0 spiro atoms. The molecular weight excluding hydrogens is 212 g/mol. The normalized spacial score (nSPS) is 10.7. The van der Waals surface area contributed by atoms with Gasteiger partial charge in [-0.15, -0.1) is 0 Å². The summed E-state index contributed by atoms with van der Waals surface area (Å²) in [5.74, 6) is 0.832. The fourth-order valence-corrected chi connectivity index (χ4v) is 1.64. The third kappa shape index (κ3) is 3.17. The van der Waals surface area contributed by atoms with Crippen molar-refractivity contribution in [3.8, 4) is 11.3 Å². The highest BCUT2D eigenvalue weighted by molar-refractivity contribution is 5.57. The van der Waals surface area contributed by atoms with Gasteiger partial charge in [-0.25, -0.2) is 0 Å². The number of nitrogens with one attached hydrogen (secondary N) is 1. The number of aromatic nitrogens is 1. The van der Waals surface area contributed by atoms with Gasteiger partial charge in [0.2, 0.25) is 0 Å². The predicted molar refractivity (Wildman–Crippen MR) is 68.7 cm³/mol. The Balaban J connectivity index is 2.04. The molecule has 3 heteroatoms. The third-order valence-electron chi connectivity index (χ3n) is 2.63. The summed E-state index contributed by atoms with van der Waals surface area (Å²) < 4.78 is 5.33. The fourth-order valence-electron chi connectivity index (χ4n) is 1.64. The number of hydrogen-bond donors (Lipinski definition) is 1. The monoisotopic (exact) mass is 230 g/mol. The molecule has 2 aromatic rings. The molecular formula is C14H18N2O. The highest BCUT2D eigenvalue weighted by atomic mass is 16.5. The van der Waals surface area contributed by atoms with Crippen LogP contribution in [-0.4, -0.2) is 11.7 Å². The van der Waals surface area contributed by atoms with E-state index in [1.807, 2.05) is 6.07 Å². The SMILES string of the molecule is CCCNCc1cc(-c2ccc(C)cc2)on1. The van der Waals surface area contributed by atoms with Gasteiger partial charge in [0.15, 0.2) is 5.76 Å². The van der Waals surface area contributed by atoms with Crippen LogP contribution >= 0.6 is 0 Å². The van der Waals surface area contributed by atoms with Crippen LogP contribution in [0.5, 0.6) is 0 Å². The summed E-state index contributed by atoms with van der Waals surface area (Å²) in [7, 11) is 0. The molecule has 90 valence electrons. The molecule has 0 fully saturated rings. The van der Waals surface area contributed by atoms with Gasteiger partial charge >= 0.3 is 0 Å². The average Bonchev–Trinajstić information content (AvgIpc) is 2.79. The van der Waals surface area contributed by atoms with Gasteiger partial charge in [0, 0.05) is 18.2 Å². The summed E-state index contributed by atoms with van der Waals surface area (Å²) in [5, 5.41) is 7.35. The van der Waals surface area contributed by atoms with E-state index in [1.165, 1.54) is 5.56 Å². The lowest BCUT2D eigenvalue weighted by Gasteiger charge is -1.97. The molecule has 1 aromatic carbocycles. The molecule has 0 aliphatic carbocycles. The number of rotatable bonds is 5. The Bertz CT molecular complexity index is 459. The van der Waals surface area contributed by atoms with Gasteiger partial charge in [-0.3, -0.25) is 0 Å². The quantitative estimate of drug-likeness (QED) is 0.802. The first-order chi connectivity index (χ1) is 8.29. The van der Waals surface area contributed by atoms with Crippen molar-refractivity contribution in [1.82, 2.24) is 10.5 Å². The van der Waals surface area contributed by atoms with E-state index in [-0.39, 0.29) is 0 Å². The Morgan fingerprint density at radius 1 is 1.24 bits per heavy atom. The average molecular weight is 230 g/mol. The summed E-state index contributed by atoms with van der Waals surface area (Å²) >= 11 is 0. The fraction of sp³-hybridized carbons (Fsp3) is 0.357. The number of nitrogens with zero attached hydrogens (tertiary/aromatic N) is 1. The van der Waals surface area contributed by atoms with E-state index in [0.29, 0.717) is 0 Å². The molecule has 0 unspecified atom stereocenters. The molecule has 0 atom stereocenters. The van der Waals surface area contributed by atoms with Crippen molar-refractivity contribution in [1.29, 1.82) is 0 Å². The van der Waals surface area contributed by atoms with E-state index >= 15 is 0 Å². The summed E-state index contributed by atoms with van der Waals surface area (Å²) in [6, 6.07) is 10.3. The molecule has 0 saturated carbocycles. The second kappa shape index (κ2) is 5.64. The van der Waals surface area contributed by atoms with Gasteiger partial charge in [-0.1, -0.05) is 41.9 Å². The highest BCUT2D eigenvalue weighted by Gasteiger charge is 2.05. The highest BCUT2D eigenvalue weighted by Crippen LogP contribution is 2.20. The van der Waals surface area contributed by atoms with Crippen molar-refractivity contribution in [2.24, 2.45) is 0 Å². The molecule has 1 N–H and O–H groups in total. The predicted octanol–water partition coefficient (Wildman–Crippen LogP) is 3.15. The molecule has 17 heavy (non-hydrogen) atoms. The van der Waals surface area contributed by atoms with Crippen LogP contribution in [0.3, 0.4) is 0 Å². The van der Waals surface area contributed by atoms with Crippen LogP contribution in [0.2, 0.25) is 0 Å². The van der Waals surface area contributed by atoms with Crippen LogP contribution in [0.15, 0.2) is 34.9 Å². The summed E-state index contributed by atoms with van der Waals surface area (Å²) in [4.78, 5) is 0. The molecule has 1 heterocycles. The maximum absolute atomic E-state index is 5.33. The molecule has 3 nitrogen and oxygen atoms in total. The van der Waals surface area contributed by atoms with Crippen LogP contribution in [-0.2, 0) is 6.54 Å². The van der Waals surface area contributed by atoms with E-state index in [4.69, 9.17) is 4.52 Å². The molecule has 2 rings (SSSR count). The Morgan fingerprint density at radius 2 is 2.00 bits per heavy atom. The largest absolute Gasteiger partial charge is 0.356 e. The zero-order chi connectivity index (χ0) is 12.1. The Hall–Kier alpha value is -1.61. The van der Waals surface area contributed by atoms with Gasteiger partial charge in [0.05, 0.1) is 5.69 Å². The molecule has 0 saturated heterocycles. The summed E-state index contributed by atoms with van der Waals surface area (Å²) in [6.45, 7) is 5.99. The van der Waals surface area contributed by atoms with Crippen molar-refractivity contribution < 1.29 is 4.52 Å². The first-order valence-corrected chi connectivity index (χ1v) is 6.03. The maximum atomic E-state index is 5.33. The van der Waals surface area contributed by atoms with Crippen molar-refractivity contribution in [2.45, 2.75) is 26.8 Å². The van der Waals surface area contributed by atoms with Crippen molar-refractivity contribution in [3.05, 3.63) is 41.6 Å². The molecule has 1 aromatic heterocycles.